The number of nitrogens with zero attached hydrogens (tertiary/aromatic N) is 2. The van der Waals surface area contributed by atoms with E-state index in [1.807, 2.05) is 19.0 Å². The van der Waals surface area contributed by atoms with Gasteiger partial charge in [-0.25, -0.2) is 4.39 Å². The minimum absolute atomic E-state index is 0.0497. The maximum absolute atomic E-state index is 15.5. The van der Waals surface area contributed by atoms with Crippen LogP contribution < -0.4 is 15.5 Å². The second-order valence-corrected chi connectivity index (χ2v) is 8.18. The van der Waals surface area contributed by atoms with Crippen molar-refractivity contribution in [1.29, 1.82) is 0 Å². The van der Waals surface area contributed by atoms with Crippen molar-refractivity contribution in [3.63, 3.8) is 0 Å². The van der Waals surface area contributed by atoms with Crippen LogP contribution in [0.5, 0.6) is 0 Å². The first-order valence-corrected chi connectivity index (χ1v) is 10.3. The molecule has 0 bridgehead atoms. The summed E-state index contributed by atoms with van der Waals surface area (Å²) in [7, 11) is 3.84. The van der Waals surface area contributed by atoms with Crippen molar-refractivity contribution >= 4 is 23.4 Å². The highest BCUT2D eigenvalue weighted by Crippen LogP contribution is 2.35. The summed E-state index contributed by atoms with van der Waals surface area (Å²) in [5.74, 6) is -1.57. The van der Waals surface area contributed by atoms with Crippen molar-refractivity contribution in [1.82, 2.24) is 15.5 Å². The van der Waals surface area contributed by atoms with Gasteiger partial charge in [0, 0.05) is 36.7 Å². The van der Waals surface area contributed by atoms with Crippen molar-refractivity contribution in [2.45, 2.75) is 63.2 Å². The number of anilines is 1. The third kappa shape index (κ3) is 3.39. The Labute approximate surface area is 169 Å². The summed E-state index contributed by atoms with van der Waals surface area (Å²) in [6, 6.07) is 3.07. The molecule has 0 aromatic heterocycles. The molecule has 2 aliphatic heterocycles. The summed E-state index contributed by atoms with van der Waals surface area (Å²) in [4.78, 5) is 39.8. The van der Waals surface area contributed by atoms with Gasteiger partial charge in [-0.1, -0.05) is 12.8 Å². The number of fused-ring (bicyclic) bond motifs is 1. The first-order valence-electron chi connectivity index (χ1n) is 10.3. The second kappa shape index (κ2) is 7.74. The van der Waals surface area contributed by atoms with Crippen LogP contribution in [0.2, 0.25) is 0 Å². The van der Waals surface area contributed by atoms with E-state index in [2.05, 4.69) is 10.6 Å². The molecule has 3 aliphatic rings. The zero-order chi connectivity index (χ0) is 20.7. The number of halogens is 1. The Balaban J connectivity index is 1.60. The van der Waals surface area contributed by atoms with Crippen LogP contribution >= 0.6 is 0 Å². The van der Waals surface area contributed by atoms with Crippen LogP contribution in [-0.4, -0.2) is 54.8 Å². The molecule has 1 saturated carbocycles. The molecule has 3 atom stereocenters. The van der Waals surface area contributed by atoms with Gasteiger partial charge in [-0.2, -0.15) is 0 Å². The summed E-state index contributed by atoms with van der Waals surface area (Å²) in [5, 5.41) is 5.61. The van der Waals surface area contributed by atoms with Gasteiger partial charge in [-0.05, 0) is 38.4 Å². The van der Waals surface area contributed by atoms with Gasteiger partial charge in [0.1, 0.15) is 6.04 Å². The van der Waals surface area contributed by atoms with Crippen LogP contribution in [0.25, 0.3) is 0 Å². The average molecular weight is 402 g/mol. The molecule has 7 nitrogen and oxygen atoms in total. The SMILES string of the molecule is CNC1CCCC[C@@H]1N(C)c1ccc2c(c1F)CN(C1CCC(=O)NC1=O)C2=O. The number of carbonyl (C=O) groups is 3. The molecule has 8 heteroatoms. The largest absolute Gasteiger partial charge is 0.368 e. The Morgan fingerprint density at radius 3 is 2.66 bits per heavy atom. The van der Waals surface area contributed by atoms with Crippen molar-refractivity contribution in [3.05, 3.63) is 29.1 Å². The summed E-state index contributed by atoms with van der Waals surface area (Å²) >= 11 is 0. The minimum Gasteiger partial charge on any atom is -0.368 e. The molecular weight excluding hydrogens is 375 g/mol. The van der Waals surface area contributed by atoms with Crippen LogP contribution in [0.3, 0.4) is 0 Å². The van der Waals surface area contributed by atoms with Crippen molar-refractivity contribution in [2.24, 2.45) is 0 Å². The topological polar surface area (TPSA) is 81.8 Å². The number of carbonyl (C=O) groups excluding carboxylic acids is 3. The zero-order valence-corrected chi connectivity index (χ0v) is 16.8. The Hall–Kier alpha value is -2.48. The predicted octanol–water partition coefficient (Wildman–Crippen LogP) is 1.55. The van der Waals surface area contributed by atoms with Crippen molar-refractivity contribution < 1.29 is 18.8 Å². The van der Waals surface area contributed by atoms with Crippen molar-refractivity contribution in [3.8, 4) is 0 Å². The zero-order valence-electron chi connectivity index (χ0n) is 16.8. The third-order valence-corrected chi connectivity index (χ3v) is 6.61. The van der Waals surface area contributed by atoms with Gasteiger partial charge in [0.15, 0.2) is 5.82 Å². The van der Waals surface area contributed by atoms with E-state index in [4.69, 9.17) is 0 Å². The Morgan fingerprint density at radius 1 is 1.17 bits per heavy atom. The van der Waals surface area contributed by atoms with Gasteiger partial charge < -0.3 is 15.1 Å². The molecule has 2 unspecified atom stereocenters. The summed E-state index contributed by atoms with van der Waals surface area (Å²) in [6.45, 7) is 0.0497. The molecule has 0 spiro atoms. The lowest BCUT2D eigenvalue weighted by Crippen LogP contribution is -2.52. The first kappa shape index (κ1) is 19.8. The van der Waals surface area contributed by atoms with E-state index in [0.717, 1.165) is 25.7 Å². The van der Waals surface area contributed by atoms with Gasteiger partial charge >= 0.3 is 0 Å². The standard InChI is InChI=1S/C21H27FN4O3/c1-23-14-5-3-4-6-15(14)25(2)16-8-7-12-13(19(16)22)11-26(21(12)29)17-9-10-18(27)24-20(17)28/h7-8,14-15,17,23H,3-6,9-11H2,1-2H3,(H,24,27,28)/t14?,15-,17?/m0/s1. The fourth-order valence-corrected chi connectivity index (χ4v) is 4.95. The van der Waals surface area contributed by atoms with Crippen LogP contribution in [0.1, 0.15) is 54.4 Å². The lowest BCUT2D eigenvalue weighted by Gasteiger charge is -2.39. The van der Waals surface area contributed by atoms with Gasteiger partial charge in [-0.15, -0.1) is 0 Å². The minimum atomic E-state index is -0.736. The van der Waals surface area contributed by atoms with Gasteiger partial charge in [0.25, 0.3) is 5.91 Å². The fraction of sp³-hybridized carbons (Fsp3) is 0.571. The van der Waals surface area contributed by atoms with Crippen LogP contribution in [-0.2, 0) is 16.1 Å². The lowest BCUT2D eigenvalue weighted by molar-refractivity contribution is -0.136. The van der Waals surface area contributed by atoms with Crippen LogP contribution in [0.15, 0.2) is 12.1 Å². The molecule has 0 radical (unpaired) electrons. The highest BCUT2D eigenvalue weighted by molar-refractivity contribution is 6.05. The first-order chi connectivity index (χ1) is 13.9. The molecule has 2 N–H and O–H groups in total. The molecule has 1 aromatic carbocycles. The molecule has 156 valence electrons. The smallest absolute Gasteiger partial charge is 0.255 e. The predicted molar refractivity (Wildman–Crippen MR) is 106 cm³/mol. The Morgan fingerprint density at radius 2 is 1.93 bits per heavy atom. The Kier molecular flexibility index (Phi) is 5.29. The normalized spacial score (nSPS) is 27.1. The molecular formula is C21H27FN4O3. The van der Waals surface area contributed by atoms with E-state index in [9.17, 15) is 14.4 Å². The highest BCUT2D eigenvalue weighted by atomic mass is 19.1. The third-order valence-electron chi connectivity index (χ3n) is 6.61. The maximum atomic E-state index is 15.5. The molecule has 2 heterocycles. The highest BCUT2D eigenvalue weighted by Gasteiger charge is 2.41. The number of hydrogen-bond donors (Lipinski definition) is 2. The average Bonchev–Trinajstić information content (AvgIpc) is 3.05. The van der Waals surface area contributed by atoms with E-state index in [1.165, 1.54) is 4.90 Å². The summed E-state index contributed by atoms with van der Waals surface area (Å²) in [6.07, 6.45) is 4.77. The van der Waals surface area contributed by atoms with Crippen LogP contribution in [0, 0.1) is 5.82 Å². The molecule has 1 saturated heterocycles. The number of nitrogens with one attached hydrogen (secondary N) is 2. The molecule has 1 aliphatic carbocycles. The summed E-state index contributed by atoms with van der Waals surface area (Å²) < 4.78 is 15.5. The van der Waals surface area contributed by atoms with Gasteiger partial charge in [-0.3, -0.25) is 19.7 Å². The maximum Gasteiger partial charge on any atom is 0.255 e. The van der Waals surface area contributed by atoms with E-state index >= 15 is 4.39 Å². The molecule has 4 rings (SSSR count). The fourth-order valence-electron chi connectivity index (χ4n) is 4.95. The number of amides is 3. The summed E-state index contributed by atoms with van der Waals surface area (Å²) in [5.41, 5.74) is 1.12. The second-order valence-electron chi connectivity index (χ2n) is 8.18. The monoisotopic (exact) mass is 402 g/mol. The number of likely N-dealkylation sites (N-methyl/N-ethyl adjacent to an activating group) is 2. The quantitative estimate of drug-likeness (QED) is 0.747. The molecule has 2 fully saturated rings. The lowest BCUT2D eigenvalue weighted by atomic mass is 9.89. The van der Waals surface area contributed by atoms with E-state index < -0.39 is 17.8 Å². The van der Waals surface area contributed by atoms with E-state index in [-0.39, 0.29) is 37.2 Å². The number of imide groups is 1. The van der Waals surface area contributed by atoms with E-state index in [1.54, 1.807) is 12.1 Å². The van der Waals surface area contributed by atoms with Crippen LogP contribution in [0.4, 0.5) is 10.1 Å². The van der Waals surface area contributed by atoms with Gasteiger partial charge in [0.05, 0.1) is 12.2 Å². The van der Waals surface area contributed by atoms with Gasteiger partial charge in [0.2, 0.25) is 11.8 Å². The number of hydrogen-bond acceptors (Lipinski definition) is 5. The van der Waals surface area contributed by atoms with E-state index in [0.29, 0.717) is 22.9 Å². The molecule has 3 amide bonds. The number of piperidine rings is 1. The Bertz CT molecular complexity index is 859. The van der Waals surface area contributed by atoms with Crippen molar-refractivity contribution in [2.75, 3.05) is 19.0 Å². The molecule has 1 aromatic rings. The molecule has 29 heavy (non-hydrogen) atoms. The number of rotatable bonds is 4. The number of benzene rings is 1.